The molecule has 0 aromatic heterocycles. The minimum atomic E-state index is -0.292. The molecule has 80 valence electrons. The fourth-order valence-corrected chi connectivity index (χ4v) is 4.55. The van der Waals surface area contributed by atoms with Crippen molar-refractivity contribution in [3.63, 3.8) is 0 Å². The molecule has 1 aliphatic heterocycles. The van der Waals surface area contributed by atoms with E-state index in [1.165, 1.54) is 0 Å². The van der Waals surface area contributed by atoms with Crippen LogP contribution in [-0.2, 0) is 4.74 Å². The lowest BCUT2D eigenvalue weighted by atomic mass is 10.0. The number of hydrogen-bond donors (Lipinski definition) is 0. The van der Waals surface area contributed by atoms with Gasteiger partial charge in [0.2, 0.25) is 0 Å². The minimum absolute atomic E-state index is 0.0139. The van der Waals surface area contributed by atoms with Crippen molar-refractivity contribution in [1.82, 2.24) is 0 Å². The summed E-state index contributed by atoms with van der Waals surface area (Å²) >= 11 is 0. The van der Waals surface area contributed by atoms with Crippen LogP contribution in [0.2, 0.25) is 0 Å². The third-order valence-electron chi connectivity index (χ3n) is 1.82. The lowest BCUT2D eigenvalue weighted by Crippen LogP contribution is -2.37. The Morgan fingerprint density at radius 2 is 1.92 bits per heavy atom. The number of alkyl halides is 1. The van der Waals surface area contributed by atoms with Crippen LogP contribution >= 0.6 is 21.6 Å². The molecule has 2 atom stereocenters. The summed E-state index contributed by atoms with van der Waals surface area (Å²) in [6.07, 6.45) is 0.0440. The van der Waals surface area contributed by atoms with Crippen LogP contribution in [0.4, 0.5) is 4.39 Å². The Balaban J connectivity index is 0.000000671. The van der Waals surface area contributed by atoms with E-state index in [0.29, 0.717) is 0 Å². The van der Waals surface area contributed by atoms with Gasteiger partial charge in [-0.2, -0.15) is 0 Å². The first kappa shape index (κ1) is 13.6. The molecular weight excluding hydrogens is 207 g/mol. The summed E-state index contributed by atoms with van der Waals surface area (Å²) in [5.74, 6) is 0. The van der Waals surface area contributed by atoms with Gasteiger partial charge in [0.05, 0.1) is 11.4 Å². The summed E-state index contributed by atoms with van der Waals surface area (Å²) < 4.78 is 17.7. The molecule has 1 saturated heterocycles. The van der Waals surface area contributed by atoms with Crippen molar-refractivity contribution in [3.8, 4) is 0 Å². The van der Waals surface area contributed by atoms with E-state index in [-0.39, 0.29) is 22.8 Å². The van der Waals surface area contributed by atoms with E-state index in [4.69, 9.17) is 4.74 Å². The monoisotopic (exact) mass is 226 g/mol. The molecule has 0 radical (unpaired) electrons. The van der Waals surface area contributed by atoms with Crippen LogP contribution < -0.4 is 0 Å². The Bertz CT molecular complexity index is 142. The van der Waals surface area contributed by atoms with Gasteiger partial charge in [-0.05, 0) is 13.8 Å². The Morgan fingerprint density at radius 3 is 2.23 bits per heavy atom. The summed E-state index contributed by atoms with van der Waals surface area (Å²) in [5.41, 5.74) is 0. The molecule has 1 rings (SSSR count). The standard InChI is InChI=1S/C7H13FOS2.C2H6/c1-7(2)6(9-3)5(4-8)10-11-7;1-2/h5-6H,4H2,1-3H3;1-2H3. The molecule has 1 aliphatic rings. The molecule has 0 saturated carbocycles. The summed E-state index contributed by atoms with van der Waals surface area (Å²) in [5, 5.41) is 0.0139. The average molecular weight is 226 g/mol. The minimum Gasteiger partial charge on any atom is -0.379 e. The van der Waals surface area contributed by atoms with Gasteiger partial charge in [-0.15, -0.1) is 0 Å². The number of rotatable bonds is 2. The van der Waals surface area contributed by atoms with Gasteiger partial charge >= 0.3 is 0 Å². The van der Waals surface area contributed by atoms with Crippen molar-refractivity contribution in [2.75, 3.05) is 13.8 Å². The fraction of sp³-hybridized carbons (Fsp3) is 1.00. The van der Waals surface area contributed by atoms with Crippen molar-refractivity contribution in [2.24, 2.45) is 0 Å². The molecule has 13 heavy (non-hydrogen) atoms. The highest BCUT2D eigenvalue weighted by Gasteiger charge is 2.44. The average Bonchev–Trinajstić information content (AvgIpc) is 2.43. The second-order valence-electron chi connectivity index (χ2n) is 3.13. The van der Waals surface area contributed by atoms with Gasteiger partial charge in [0.1, 0.15) is 6.67 Å². The maximum Gasteiger partial charge on any atom is 0.105 e. The SMILES string of the molecule is CC.COC1C(CF)SSC1(C)C. The van der Waals surface area contributed by atoms with Crippen molar-refractivity contribution in [3.05, 3.63) is 0 Å². The molecule has 0 aromatic carbocycles. The maximum atomic E-state index is 12.4. The molecule has 2 unspecified atom stereocenters. The number of methoxy groups -OCH3 is 1. The van der Waals surface area contributed by atoms with Gasteiger partial charge in [0.15, 0.2) is 0 Å². The number of halogens is 1. The van der Waals surface area contributed by atoms with Gasteiger partial charge in [-0.3, -0.25) is 0 Å². The lowest BCUT2D eigenvalue weighted by molar-refractivity contribution is 0.0737. The predicted molar refractivity (Wildman–Crippen MR) is 61.2 cm³/mol. The normalized spacial score (nSPS) is 30.9. The number of ether oxygens (including phenoxy) is 1. The molecule has 1 fully saturated rings. The van der Waals surface area contributed by atoms with Gasteiger partial charge in [0.25, 0.3) is 0 Å². The highest BCUT2D eigenvalue weighted by atomic mass is 33.1. The summed E-state index contributed by atoms with van der Waals surface area (Å²) in [6.45, 7) is 7.89. The second kappa shape index (κ2) is 6.14. The van der Waals surface area contributed by atoms with E-state index >= 15 is 0 Å². The molecule has 4 heteroatoms. The van der Waals surface area contributed by atoms with Gasteiger partial charge in [-0.25, -0.2) is 4.39 Å². The zero-order valence-electron chi connectivity index (χ0n) is 8.96. The Hall–Kier alpha value is 0.590. The fourth-order valence-electron chi connectivity index (χ4n) is 1.27. The van der Waals surface area contributed by atoms with E-state index in [9.17, 15) is 4.39 Å². The first-order valence-corrected chi connectivity index (χ1v) is 6.76. The molecule has 1 heterocycles. The van der Waals surface area contributed by atoms with Crippen LogP contribution in [0, 0.1) is 0 Å². The largest absolute Gasteiger partial charge is 0.379 e. The van der Waals surface area contributed by atoms with E-state index in [1.807, 2.05) is 13.8 Å². The third kappa shape index (κ3) is 3.33. The van der Waals surface area contributed by atoms with Crippen LogP contribution in [0.15, 0.2) is 0 Å². The topological polar surface area (TPSA) is 9.23 Å². The van der Waals surface area contributed by atoms with Crippen molar-refractivity contribution in [2.45, 2.75) is 43.8 Å². The quantitative estimate of drug-likeness (QED) is 0.667. The molecule has 0 N–H and O–H groups in total. The Labute approximate surface area is 88.6 Å². The molecule has 0 bridgehead atoms. The molecule has 0 spiro atoms. The molecule has 0 aliphatic carbocycles. The summed E-state index contributed by atoms with van der Waals surface area (Å²) in [4.78, 5) is 0. The highest BCUT2D eigenvalue weighted by molar-refractivity contribution is 8.77. The maximum absolute atomic E-state index is 12.4. The predicted octanol–water partition coefficient (Wildman–Crippen LogP) is 3.54. The first-order chi connectivity index (χ1) is 6.11. The lowest BCUT2D eigenvalue weighted by Gasteiger charge is -2.25. The third-order valence-corrected chi connectivity index (χ3v) is 5.51. The van der Waals surface area contributed by atoms with E-state index in [0.717, 1.165) is 0 Å². The van der Waals surface area contributed by atoms with E-state index < -0.39 is 0 Å². The molecule has 1 nitrogen and oxygen atoms in total. The van der Waals surface area contributed by atoms with Crippen LogP contribution in [0.3, 0.4) is 0 Å². The van der Waals surface area contributed by atoms with Crippen molar-refractivity contribution >= 4 is 21.6 Å². The van der Waals surface area contributed by atoms with E-state index in [1.54, 1.807) is 28.7 Å². The van der Waals surface area contributed by atoms with Crippen LogP contribution in [0.5, 0.6) is 0 Å². The Kier molecular flexibility index (Phi) is 6.42. The molecular formula is C9H19FOS2. The van der Waals surface area contributed by atoms with Crippen LogP contribution in [0.1, 0.15) is 27.7 Å². The van der Waals surface area contributed by atoms with E-state index in [2.05, 4.69) is 13.8 Å². The molecule has 0 aromatic rings. The zero-order chi connectivity index (χ0) is 10.5. The first-order valence-electron chi connectivity index (χ1n) is 4.55. The smallest absolute Gasteiger partial charge is 0.105 e. The zero-order valence-corrected chi connectivity index (χ0v) is 10.6. The highest BCUT2D eigenvalue weighted by Crippen LogP contribution is 2.51. The van der Waals surface area contributed by atoms with Crippen molar-refractivity contribution < 1.29 is 9.13 Å². The van der Waals surface area contributed by atoms with Gasteiger partial charge < -0.3 is 4.74 Å². The molecule has 0 amide bonds. The van der Waals surface area contributed by atoms with Crippen molar-refractivity contribution in [1.29, 1.82) is 0 Å². The van der Waals surface area contributed by atoms with Crippen LogP contribution in [0.25, 0.3) is 0 Å². The summed E-state index contributed by atoms with van der Waals surface area (Å²) in [7, 11) is 4.97. The summed E-state index contributed by atoms with van der Waals surface area (Å²) in [6, 6.07) is 0. The van der Waals surface area contributed by atoms with Gasteiger partial charge in [0, 0.05) is 11.9 Å². The number of hydrogen-bond acceptors (Lipinski definition) is 3. The van der Waals surface area contributed by atoms with Gasteiger partial charge in [-0.1, -0.05) is 35.4 Å². The van der Waals surface area contributed by atoms with Crippen LogP contribution in [-0.4, -0.2) is 29.9 Å². The Morgan fingerprint density at radius 1 is 1.38 bits per heavy atom. The second-order valence-corrected chi connectivity index (χ2v) is 6.23.